The third kappa shape index (κ3) is 3.98. The van der Waals surface area contributed by atoms with Crippen molar-refractivity contribution in [3.8, 4) is 29.4 Å². The van der Waals surface area contributed by atoms with Gasteiger partial charge in [-0.05, 0) is 29.7 Å². The molecule has 0 unspecified atom stereocenters. The lowest BCUT2D eigenvalue weighted by Gasteiger charge is -2.14. The highest BCUT2D eigenvalue weighted by atomic mass is 32.1. The van der Waals surface area contributed by atoms with E-state index in [1.165, 1.54) is 16.9 Å². The molecule has 0 N–H and O–H groups in total. The van der Waals surface area contributed by atoms with Crippen molar-refractivity contribution in [3.05, 3.63) is 75.1 Å². The molecule has 0 spiro atoms. The number of thiazole rings is 1. The largest absolute Gasteiger partial charge is 0.481 e. The Morgan fingerprint density at radius 1 is 1.20 bits per heavy atom. The van der Waals surface area contributed by atoms with E-state index in [-0.39, 0.29) is 12.3 Å². The van der Waals surface area contributed by atoms with Crippen molar-refractivity contribution in [1.82, 2.24) is 14.5 Å². The van der Waals surface area contributed by atoms with Gasteiger partial charge in [0.1, 0.15) is 17.4 Å². The van der Waals surface area contributed by atoms with Gasteiger partial charge in [0.05, 0.1) is 17.8 Å². The Bertz CT molecular complexity index is 1270. The van der Waals surface area contributed by atoms with Gasteiger partial charge in [0.15, 0.2) is 0 Å². The Morgan fingerprint density at radius 3 is 2.67 bits per heavy atom. The molecule has 2 aromatic heterocycles. The van der Waals surface area contributed by atoms with E-state index in [0.717, 1.165) is 21.5 Å². The molecule has 0 aliphatic heterocycles. The second kappa shape index (κ2) is 8.52. The molecule has 0 bridgehead atoms. The van der Waals surface area contributed by atoms with Crippen molar-refractivity contribution in [2.45, 2.75) is 26.3 Å². The van der Waals surface area contributed by atoms with Crippen molar-refractivity contribution in [2.24, 2.45) is 0 Å². The van der Waals surface area contributed by atoms with Crippen LogP contribution in [0.3, 0.4) is 0 Å². The Labute approximate surface area is 179 Å². The fourth-order valence-corrected chi connectivity index (χ4v) is 3.94. The number of nitrogens with zero attached hydrogens (tertiary/aromatic N) is 3. The summed E-state index contributed by atoms with van der Waals surface area (Å²) in [6.07, 6.45) is 7.06. The van der Waals surface area contributed by atoms with Gasteiger partial charge in [-0.3, -0.25) is 4.57 Å². The third-order valence-corrected chi connectivity index (χ3v) is 5.67. The van der Waals surface area contributed by atoms with Crippen LogP contribution in [-0.2, 0) is 6.54 Å². The maximum Gasteiger partial charge on any atom is 0.349 e. The maximum absolute atomic E-state index is 13.0. The lowest BCUT2D eigenvalue weighted by molar-refractivity contribution is 0.371. The number of aromatic nitrogens is 3. The maximum atomic E-state index is 13.0. The van der Waals surface area contributed by atoms with Gasteiger partial charge in [-0.25, -0.2) is 9.78 Å². The molecule has 0 fully saturated rings. The minimum absolute atomic E-state index is 0.177. The molecule has 4 aromatic rings. The second-order valence-corrected chi connectivity index (χ2v) is 8.18. The SMILES string of the molecule is C#CCOc1ccc2c(c1)c(-c1ccc(C(C)C)cc1)nc(=O)n2Cc1nccs1. The highest BCUT2D eigenvalue weighted by molar-refractivity contribution is 7.09. The van der Waals surface area contributed by atoms with Crippen LogP contribution in [0.2, 0.25) is 0 Å². The van der Waals surface area contributed by atoms with E-state index >= 15 is 0 Å². The molecule has 30 heavy (non-hydrogen) atoms. The van der Waals surface area contributed by atoms with Gasteiger partial charge in [0.25, 0.3) is 0 Å². The lowest BCUT2D eigenvalue weighted by atomic mass is 9.99. The van der Waals surface area contributed by atoms with E-state index in [9.17, 15) is 4.79 Å². The molecule has 0 radical (unpaired) electrons. The zero-order valence-corrected chi connectivity index (χ0v) is 17.6. The normalized spacial score (nSPS) is 11.0. The average molecular weight is 416 g/mol. The number of ether oxygens (including phenoxy) is 1. The van der Waals surface area contributed by atoms with E-state index in [4.69, 9.17) is 11.2 Å². The van der Waals surface area contributed by atoms with Gasteiger partial charge >= 0.3 is 5.69 Å². The summed E-state index contributed by atoms with van der Waals surface area (Å²) < 4.78 is 7.26. The highest BCUT2D eigenvalue weighted by Gasteiger charge is 2.15. The topological polar surface area (TPSA) is 57.0 Å². The lowest BCUT2D eigenvalue weighted by Crippen LogP contribution is -2.24. The number of hydrogen-bond acceptors (Lipinski definition) is 5. The van der Waals surface area contributed by atoms with Crippen LogP contribution in [0.25, 0.3) is 22.2 Å². The molecular weight excluding hydrogens is 394 g/mol. The van der Waals surface area contributed by atoms with E-state index in [1.807, 2.05) is 35.7 Å². The third-order valence-electron chi connectivity index (χ3n) is 4.90. The highest BCUT2D eigenvalue weighted by Crippen LogP contribution is 2.30. The van der Waals surface area contributed by atoms with Crippen LogP contribution in [0, 0.1) is 12.3 Å². The van der Waals surface area contributed by atoms with Crippen LogP contribution in [0.4, 0.5) is 0 Å². The summed E-state index contributed by atoms with van der Waals surface area (Å²) in [7, 11) is 0. The summed E-state index contributed by atoms with van der Waals surface area (Å²) in [6, 6.07) is 13.8. The molecule has 4 rings (SSSR count). The number of terminal acetylenes is 1. The fourth-order valence-electron chi connectivity index (χ4n) is 3.34. The fraction of sp³-hybridized carbons (Fsp3) is 0.208. The first-order chi connectivity index (χ1) is 14.6. The van der Waals surface area contributed by atoms with Crippen LogP contribution in [0.15, 0.2) is 58.8 Å². The van der Waals surface area contributed by atoms with Crippen LogP contribution >= 0.6 is 11.3 Å². The van der Waals surface area contributed by atoms with Gasteiger partial charge in [-0.2, -0.15) is 4.98 Å². The van der Waals surface area contributed by atoms with Gasteiger partial charge in [0, 0.05) is 22.5 Å². The van der Waals surface area contributed by atoms with E-state index in [2.05, 4.69) is 41.9 Å². The predicted molar refractivity (Wildman–Crippen MR) is 121 cm³/mol. The van der Waals surface area contributed by atoms with Gasteiger partial charge in [-0.15, -0.1) is 17.8 Å². The monoisotopic (exact) mass is 415 g/mol. The van der Waals surface area contributed by atoms with Gasteiger partial charge < -0.3 is 4.74 Å². The summed E-state index contributed by atoms with van der Waals surface area (Å²) >= 11 is 1.51. The van der Waals surface area contributed by atoms with E-state index in [0.29, 0.717) is 23.9 Å². The number of rotatable bonds is 6. The Balaban J connectivity index is 1.90. The number of fused-ring (bicyclic) bond motifs is 1. The van der Waals surface area contributed by atoms with Crippen molar-refractivity contribution >= 4 is 22.2 Å². The first kappa shape index (κ1) is 19.9. The van der Waals surface area contributed by atoms with E-state index in [1.54, 1.807) is 10.8 Å². The molecule has 0 saturated carbocycles. The molecular formula is C24H21N3O2S. The number of hydrogen-bond donors (Lipinski definition) is 0. The number of benzene rings is 2. The minimum atomic E-state index is -0.307. The summed E-state index contributed by atoms with van der Waals surface area (Å²) in [5, 5.41) is 3.58. The Hall–Kier alpha value is -3.43. The van der Waals surface area contributed by atoms with Crippen LogP contribution in [0.5, 0.6) is 5.75 Å². The second-order valence-electron chi connectivity index (χ2n) is 7.20. The molecule has 0 amide bonds. The molecule has 150 valence electrons. The molecule has 0 saturated heterocycles. The average Bonchev–Trinajstić information content (AvgIpc) is 3.27. The standard InChI is InChI=1S/C24H21N3O2S/c1-4-12-29-19-9-10-21-20(14-19)23(18-7-5-17(6-8-18)16(2)3)26-24(28)27(21)15-22-25-11-13-30-22/h1,5-11,13-14,16H,12,15H2,2-3H3. The summed E-state index contributed by atoms with van der Waals surface area (Å²) in [4.78, 5) is 21.7. The van der Waals surface area contributed by atoms with Crippen LogP contribution in [0.1, 0.15) is 30.3 Å². The quantitative estimate of drug-likeness (QED) is 0.428. The van der Waals surface area contributed by atoms with Crippen molar-refractivity contribution < 1.29 is 4.74 Å². The smallest absolute Gasteiger partial charge is 0.349 e. The Kier molecular flexibility index (Phi) is 5.64. The molecule has 0 atom stereocenters. The molecule has 2 aromatic carbocycles. The zero-order valence-electron chi connectivity index (χ0n) is 16.8. The summed E-state index contributed by atoms with van der Waals surface area (Å²) in [5.74, 6) is 3.55. The first-order valence-electron chi connectivity index (χ1n) is 9.66. The van der Waals surface area contributed by atoms with E-state index < -0.39 is 0 Å². The minimum Gasteiger partial charge on any atom is -0.481 e. The summed E-state index contributed by atoms with van der Waals surface area (Å²) in [6.45, 7) is 4.85. The molecule has 0 aliphatic carbocycles. The van der Waals surface area contributed by atoms with Crippen molar-refractivity contribution in [1.29, 1.82) is 0 Å². The van der Waals surface area contributed by atoms with Gasteiger partial charge in [0.2, 0.25) is 0 Å². The molecule has 2 heterocycles. The van der Waals surface area contributed by atoms with Gasteiger partial charge in [-0.1, -0.05) is 44.0 Å². The molecule has 5 nitrogen and oxygen atoms in total. The van der Waals surface area contributed by atoms with Crippen molar-refractivity contribution in [2.75, 3.05) is 6.61 Å². The summed E-state index contributed by atoms with van der Waals surface area (Å²) in [5.41, 5.74) is 3.22. The van der Waals surface area contributed by atoms with Crippen LogP contribution < -0.4 is 10.4 Å². The zero-order chi connectivity index (χ0) is 21.1. The van der Waals surface area contributed by atoms with Crippen molar-refractivity contribution in [3.63, 3.8) is 0 Å². The Morgan fingerprint density at radius 2 is 2.00 bits per heavy atom. The van der Waals surface area contributed by atoms with Crippen LogP contribution in [-0.4, -0.2) is 21.1 Å². The molecule has 0 aliphatic rings. The molecule has 6 heteroatoms. The first-order valence-corrected chi connectivity index (χ1v) is 10.5. The predicted octanol–water partition coefficient (Wildman–Crippen LogP) is 4.70.